The quantitative estimate of drug-likeness (QED) is 0.796. The number of halogens is 2. The molecule has 0 aliphatic rings. The molecule has 0 fully saturated rings. The number of ether oxygens (including phenoxy) is 1. The van der Waals surface area contributed by atoms with Gasteiger partial charge in [-0.25, -0.2) is 0 Å². The summed E-state index contributed by atoms with van der Waals surface area (Å²) in [5.74, 6) is 0.436. The maximum absolute atomic E-state index is 12.2. The number of amides is 1. The van der Waals surface area contributed by atoms with Gasteiger partial charge in [-0.15, -0.1) is 0 Å². The van der Waals surface area contributed by atoms with Gasteiger partial charge in [0.25, 0.3) is 5.91 Å². The van der Waals surface area contributed by atoms with E-state index in [4.69, 9.17) is 16.3 Å². The van der Waals surface area contributed by atoms with Crippen molar-refractivity contribution < 1.29 is 9.53 Å². The van der Waals surface area contributed by atoms with Gasteiger partial charge in [-0.1, -0.05) is 27.5 Å². The van der Waals surface area contributed by atoms with Crippen LogP contribution in [-0.4, -0.2) is 12.0 Å². The van der Waals surface area contributed by atoms with E-state index in [1.54, 1.807) is 6.92 Å². The molecule has 0 saturated carbocycles. The van der Waals surface area contributed by atoms with Gasteiger partial charge in [0, 0.05) is 15.2 Å². The number of hydrogen-bond acceptors (Lipinski definition) is 2. The molecule has 1 atom stereocenters. The van der Waals surface area contributed by atoms with E-state index in [0.29, 0.717) is 5.75 Å². The third-order valence-corrected chi connectivity index (χ3v) is 4.33. The van der Waals surface area contributed by atoms with Gasteiger partial charge >= 0.3 is 0 Å². The zero-order chi connectivity index (χ0) is 16.3. The molecular formula is C17H17BrClNO2. The highest BCUT2D eigenvalue weighted by Gasteiger charge is 2.15. The summed E-state index contributed by atoms with van der Waals surface area (Å²) in [5, 5.41) is 3.54. The van der Waals surface area contributed by atoms with Gasteiger partial charge < -0.3 is 10.1 Å². The van der Waals surface area contributed by atoms with Gasteiger partial charge in [-0.2, -0.15) is 0 Å². The normalized spacial score (nSPS) is 11.9. The Hall–Kier alpha value is -1.52. The Balaban J connectivity index is 2.03. The van der Waals surface area contributed by atoms with Crippen LogP contribution in [0.5, 0.6) is 5.75 Å². The predicted molar refractivity (Wildman–Crippen MR) is 93.8 cm³/mol. The number of anilines is 1. The number of nitrogens with one attached hydrogen (secondary N) is 1. The van der Waals surface area contributed by atoms with Crippen molar-refractivity contribution in [1.82, 2.24) is 0 Å². The first-order valence-corrected chi connectivity index (χ1v) is 8.03. The molecule has 2 aromatic carbocycles. The van der Waals surface area contributed by atoms with Gasteiger partial charge in [0.05, 0.1) is 0 Å². The molecular weight excluding hydrogens is 366 g/mol. The Morgan fingerprint density at radius 2 is 1.73 bits per heavy atom. The first-order valence-electron chi connectivity index (χ1n) is 6.86. The number of benzene rings is 2. The molecule has 116 valence electrons. The van der Waals surface area contributed by atoms with Crippen LogP contribution in [0.4, 0.5) is 5.69 Å². The number of aryl methyl sites for hydroxylation is 2. The highest BCUT2D eigenvalue weighted by molar-refractivity contribution is 9.10. The fourth-order valence-corrected chi connectivity index (χ4v) is 2.38. The molecule has 0 bridgehead atoms. The van der Waals surface area contributed by atoms with Gasteiger partial charge in [0.2, 0.25) is 0 Å². The molecule has 22 heavy (non-hydrogen) atoms. The monoisotopic (exact) mass is 381 g/mol. The van der Waals surface area contributed by atoms with Crippen LogP contribution in [0.15, 0.2) is 40.9 Å². The molecule has 0 spiro atoms. The molecule has 0 saturated heterocycles. The van der Waals surface area contributed by atoms with Crippen molar-refractivity contribution in [1.29, 1.82) is 0 Å². The number of hydrogen-bond donors (Lipinski definition) is 1. The number of rotatable bonds is 4. The van der Waals surface area contributed by atoms with Gasteiger partial charge in [-0.05, 0) is 68.3 Å². The summed E-state index contributed by atoms with van der Waals surface area (Å²) in [4.78, 5) is 12.2. The molecule has 0 aliphatic carbocycles. The summed E-state index contributed by atoms with van der Waals surface area (Å²) in [6.07, 6.45) is -0.608. The lowest BCUT2D eigenvalue weighted by Crippen LogP contribution is -2.30. The second-order valence-electron chi connectivity index (χ2n) is 5.13. The summed E-state index contributed by atoms with van der Waals surface area (Å²) in [5.41, 5.74) is 2.58. The molecule has 2 aromatic rings. The zero-order valence-corrected chi connectivity index (χ0v) is 15.0. The van der Waals surface area contributed by atoms with Gasteiger partial charge in [0.1, 0.15) is 5.75 Å². The SMILES string of the molecule is Cc1cc(OC(C)C(=O)Nc2ccc(Br)cc2)cc(C)c1Cl. The average Bonchev–Trinajstić information content (AvgIpc) is 2.47. The first kappa shape index (κ1) is 16.8. The van der Waals surface area contributed by atoms with Gasteiger partial charge in [0.15, 0.2) is 6.10 Å². The molecule has 5 heteroatoms. The van der Waals surface area contributed by atoms with Crippen molar-refractivity contribution in [3.05, 3.63) is 57.0 Å². The highest BCUT2D eigenvalue weighted by Crippen LogP contribution is 2.26. The van der Waals surface area contributed by atoms with Crippen LogP contribution in [0.1, 0.15) is 18.1 Å². The second kappa shape index (κ2) is 7.16. The minimum atomic E-state index is -0.608. The Morgan fingerprint density at radius 1 is 1.18 bits per heavy atom. The lowest BCUT2D eigenvalue weighted by molar-refractivity contribution is -0.122. The molecule has 0 radical (unpaired) electrons. The fraction of sp³-hybridized carbons (Fsp3) is 0.235. The van der Waals surface area contributed by atoms with Crippen LogP contribution in [-0.2, 0) is 4.79 Å². The van der Waals surface area contributed by atoms with E-state index in [-0.39, 0.29) is 5.91 Å². The lowest BCUT2D eigenvalue weighted by Gasteiger charge is -2.16. The summed E-state index contributed by atoms with van der Waals surface area (Å²) in [6, 6.07) is 11.0. The third-order valence-electron chi connectivity index (χ3n) is 3.20. The molecule has 1 unspecified atom stereocenters. The van der Waals surface area contributed by atoms with E-state index >= 15 is 0 Å². The number of carbonyl (C=O) groups excluding carboxylic acids is 1. The van der Waals surface area contributed by atoms with Crippen molar-refractivity contribution >= 4 is 39.1 Å². The molecule has 0 aromatic heterocycles. The second-order valence-corrected chi connectivity index (χ2v) is 6.42. The molecule has 0 heterocycles. The minimum Gasteiger partial charge on any atom is -0.481 e. The third kappa shape index (κ3) is 4.24. The van der Waals surface area contributed by atoms with Gasteiger partial charge in [-0.3, -0.25) is 4.79 Å². The molecule has 3 nitrogen and oxygen atoms in total. The zero-order valence-electron chi connectivity index (χ0n) is 12.6. The van der Waals surface area contributed by atoms with E-state index in [1.165, 1.54) is 0 Å². The van der Waals surface area contributed by atoms with Crippen molar-refractivity contribution in [2.24, 2.45) is 0 Å². The molecule has 1 N–H and O–H groups in total. The largest absolute Gasteiger partial charge is 0.481 e. The summed E-state index contributed by atoms with van der Waals surface area (Å²) >= 11 is 9.49. The fourth-order valence-electron chi connectivity index (χ4n) is 2.01. The Labute approximate surface area is 143 Å². The predicted octanol–water partition coefficient (Wildman–Crippen LogP) is 5.13. The smallest absolute Gasteiger partial charge is 0.265 e. The van der Waals surface area contributed by atoms with Crippen molar-refractivity contribution in [3.63, 3.8) is 0 Å². The van der Waals surface area contributed by atoms with E-state index < -0.39 is 6.10 Å². The van der Waals surface area contributed by atoms with Crippen LogP contribution in [0.2, 0.25) is 5.02 Å². The Bertz CT molecular complexity index is 663. The van der Waals surface area contributed by atoms with Crippen LogP contribution in [0.25, 0.3) is 0 Å². The average molecular weight is 383 g/mol. The van der Waals surface area contributed by atoms with E-state index in [0.717, 1.165) is 26.3 Å². The highest BCUT2D eigenvalue weighted by atomic mass is 79.9. The van der Waals surface area contributed by atoms with Crippen LogP contribution in [0, 0.1) is 13.8 Å². The number of carbonyl (C=O) groups is 1. The summed E-state index contributed by atoms with van der Waals surface area (Å²) in [6.45, 7) is 5.54. The lowest BCUT2D eigenvalue weighted by atomic mass is 10.1. The van der Waals surface area contributed by atoms with Crippen molar-refractivity contribution in [3.8, 4) is 5.75 Å². The van der Waals surface area contributed by atoms with Crippen LogP contribution in [0.3, 0.4) is 0 Å². The van der Waals surface area contributed by atoms with Crippen LogP contribution >= 0.6 is 27.5 Å². The summed E-state index contributed by atoms with van der Waals surface area (Å²) < 4.78 is 6.67. The van der Waals surface area contributed by atoms with Crippen molar-refractivity contribution in [2.75, 3.05) is 5.32 Å². The van der Waals surface area contributed by atoms with E-state index in [9.17, 15) is 4.79 Å². The van der Waals surface area contributed by atoms with E-state index in [2.05, 4.69) is 21.2 Å². The Morgan fingerprint density at radius 3 is 2.27 bits per heavy atom. The van der Waals surface area contributed by atoms with Crippen LogP contribution < -0.4 is 10.1 Å². The van der Waals surface area contributed by atoms with E-state index in [1.807, 2.05) is 50.2 Å². The summed E-state index contributed by atoms with van der Waals surface area (Å²) in [7, 11) is 0. The minimum absolute atomic E-state index is 0.201. The Kier molecular flexibility index (Phi) is 5.48. The molecule has 2 rings (SSSR count). The maximum atomic E-state index is 12.2. The standard InChI is InChI=1S/C17H17BrClNO2/c1-10-8-15(9-11(2)16(10)19)22-12(3)17(21)20-14-6-4-13(18)5-7-14/h4-9,12H,1-3H3,(H,20,21). The van der Waals surface area contributed by atoms with Crippen molar-refractivity contribution in [2.45, 2.75) is 26.9 Å². The first-order chi connectivity index (χ1) is 10.4. The topological polar surface area (TPSA) is 38.3 Å². The maximum Gasteiger partial charge on any atom is 0.265 e. The molecule has 1 amide bonds. The molecule has 0 aliphatic heterocycles.